The summed E-state index contributed by atoms with van der Waals surface area (Å²) in [4.78, 5) is 16.9. The number of rotatable bonds is 1. The molecular formula is C9H6BrNOS. The van der Waals surface area contributed by atoms with E-state index in [1.54, 1.807) is 13.1 Å². The fourth-order valence-electron chi connectivity index (χ4n) is 1.08. The second-order valence-corrected chi connectivity index (χ2v) is 4.66. The lowest BCUT2D eigenvalue weighted by Gasteiger charge is -1.87. The summed E-state index contributed by atoms with van der Waals surface area (Å²) in [6.45, 7) is 1.57. The molecule has 0 fully saturated rings. The second-order valence-electron chi connectivity index (χ2n) is 2.71. The standard InChI is InChI=1S/C9H6BrNOS/c1-5(12)8-3-6-2-7(10)4-11-9(6)13-8/h2-4H,1H3. The summed E-state index contributed by atoms with van der Waals surface area (Å²) in [5, 5.41) is 1.02. The summed E-state index contributed by atoms with van der Waals surface area (Å²) in [6.07, 6.45) is 1.74. The van der Waals surface area contributed by atoms with Gasteiger partial charge in [0.15, 0.2) is 5.78 Å². The zero-order valence-electron chi connectivity index (χ0n) is 6.87. The maximum atomic E-state index is 11.1. The minimum atomic E-state index is 0.0964. The van der Waals surface area contributed by atoms with Crippen molar-refractivity contribution in [3.05, 3.63) is 27.7 Å². The van der Waals surface area contributed by atoms with Gasteiger partial charge >= 0.3 is 0 Å². The molecular weight excluding hydrogens is 250 g/mol. The molecule has 0 saturated carbocycles. The van der Waals surface area contributed by atoms with Crippen LogP contribution in [0.15, 0.2) is 22.8 Å². The number of hydrogen-bond acceptors (Lipinski definition) is 3. The Hall–Kier alpha value is -0.740. The third kappa shape index (κ3) is 1.64. The van der Waals surface area contributed by atoms with Crippen LogP contribution in [0.3, 0.4) is 0 Å². The predicted molar refractivity (Wildman–Crippen MR) is 57.3 cm³/mol. The summed E-state index contributed by atoms with van der Waals surface area (Å²) < 4.78 is 0.938. The van der Waals surface area contributed by atoms with Crippen LogP contribution in [0.5, 0.6) is 0 Å². The van der Waals surface area contributed by atoms with Crippen molar-refractivity contribution < 1.29 is 4.79 Å². The van der Waals surface area contributed by atoms with Gasteiger partial charge in [-0.2, -0.15) is 0 Å². The highest BCUT2D eigenvalue weighted by Gasteiger charge is 2.06. The zero-order valence-corrected chi connectivity index (χ0v) is 9.28. The maximum Gasteiger partial charge on any atom is 0.169 e. The van der Waals surface area contributed by atoms with Gasteiger partial charge in [0.05, 0.1) is 4.88 Å². The van der Waals surface area contributed by atoms with E-state index in [2.05, 4.69) is 20.9 Å². The van der Waals surface area contributed by atoms with Gasteiger partial charge in [0, 0.05) is 16.1 Å². The van der Waals surface area contributed by atoms with E-state index in [1.807, 2.05) is 12.1 Å². The van der Waals surface area contributed by atoms with Crippen LogP contribution in [0.2, 0.25) is 0 Å². The molecule has 0 amide bonds. The highest BCUT2D eigenvalue weighted by atomic mass is 79.9. The molecule has 0 aromatic carbocycles. The van der Waals surface area contributed by atoms with Crippen molar-refractivity contribution in [2.45, 2.75) is 6.92 Å². The van der Waals surface area contributed by atoms with Gasteiger partial charge in [0.2, 0.25) is 0 Å². The molecule has 4 heteroatoms. The Balaban J connectivity index is 2.68. The summed E-state index contributed by atoms with van der Waals surface area (Å²) in [7, 11) is 0. The van der Waals surface area contributed by atoms with Crippen LogP contribution in [0.25, 0.3) is 10.2 Å². The van der Waals surface area contributed by atoms with Crippen molar-refractivity contribution in [3.8, 4) is 0 Å². The Morgan fingerprint density at radius 3 is 3.00 bits per heavy atom. The smallest absolute Gasteiger partial charge is 0.169 e. The topological polar surface area (TPSA) is 30.0 Å². The van der Waals surface area contributed by atoms with Crippen molar-refractivity contribution in [2.75, 3.05) is 0 Å². The van der Waals surface area contributed by atoms with Crippen molar-refractivity contribution in [2.24, 2.45) is 0 Å². The molecule has 0 saturated heterocycles. The molecule has 13 heavy (non-hydrogen) atoms. The first kappa shape index (κ1) is 8.84. The molecule has 0 spiro atoms. The number of fused-ring (bicyclic) bond motifs is 1. The highest BCUT2D eigenvalue weighted by Crippen LogP contribution is 2.26. The van der Waals surface area contributed by atoms with E-state index in [0.717, 1.165) is 19.6 Å². The Morgan fingerprint density at radius 2 is 2.31 bits per heavy atom. The van der Waals surface area contributed by atoms with E-state index in [9.17, 15) is 4.79 Å². The first-order chi connectivity index (χ1) is 6.16. The number of aromatic nitrogens is 1. The van der Waals surface area contributed by atoms with E-state index < -0.39 is 0 Å². The summed E-state index contributed by atoms with van der Waals surface area (Å²) in [5.74, 6) is 0.0964. The van der Waals surface area contributed by atoms with Gasteiger partial charge in [-0.25, -0.2) is 4.98 Å². The van der Waals surface area contributed by atoms with Gasteiger partial charge in [0.25, 0.3) is 0 Å². The van der Waals surface area contributed by atoms with Crippen molar-refractivity contribution in [3.63, 3.8) is 0 Å². The number of carbonyl (C=O) groups excluding carboxylic acids is 1. The Labute approximate surface area is 87.7 Å². The molecule has 0 aliphatic carbocycles. The molecule has 0 aliphatic heterocycles. The molecule has 0 unspecified atom stereocenters. The van der Waals surface area contributed by atoms with Crippen molar-refractivity contribution >= 4 is 43.3 Å². The number of pyridine rings is 1. The van der Waals surface area contributed by atoms with Gasteiger partial charge < -0.3 is 0 Å². The average molecular weight is 256 g/mol. The van der Waals surface area contributed by atoms with E-state index >= 15 is 0 Å². The molecule has 2 rings (SSSR count). The van der Waals surface area contributed by atoms with E-state index in [1.165, 1.54) is 11.3 Å². The zero-order chi connectivity index (χ0) is 9.42. The molecule has 2 aromatic rings. The number of Topliss-reactive ketones (excluding diaryl/α,β-unsaturated/α-hetero) is 1. The fourth-order valence-corrected chi connectivity index (χ4v) is 2.31. The van der Waals surface area contributed by atoms with Gasteiger partial charge in [-0.05, 0) is 35.0 Å². The Morgan fingerprint density at radius 1 is 1.54 bits per heavy atom. The third-order valence-corrected chi connectivity index (χ3v) is 3.28. The molecule has 2 nitrogen and oxygen atoms in total. The minimum Gasteiger partial charge on any atom is -0.294 e. The number of ketones is 1. The van der Waals surface area contributed by atoms with Crippen LogP contribution in [0, 0.1) is 0 Å². The average Bonchev–Trinajstić information content (AvgIpc) is 2.46. The number of carbonyl (C=O) groups is 1. The largest absolute Gasteiger partial charge is 0.294 e. The molecule has 0 bridgehead atoms. The predicted octanol–water partition coefficient (Wildman–Crippen LogP) is 3.26. The van der Waals surface area contributed by atoms with Crippen LogP contribution in [-0.4, -0.2) is 10.8 Å². The lowest BCUT2D eigenvalue weighted by molar-refractivity contribution is 0.102. The second kappa shape index (κ2) is 3.20. The fraction of sp³-hybridized carbons (Fsp3) is 0.111. The Kier molecular flexibility index (Phi) is 2.17. The summed E-state index contributed by atoms with van der Waals surface area (Å²) in [6, 6.07) is 3.84. The van der Waals surface area contributed by atoms with Crippen molar-refractivity contribution in [1.82, 2.24) is 4.98 Å². The first-order valence-corrected chi connectivity index (χ1v) is 5.34. The molecule has 0 radical (unpaired) electrons. The van der Waals surface area contributed by atoms with Crippen LogP contribution in [0.4, 0.5) is 0 Å². The number of thiophene rings is 1. The van der Waals surface area contributed by atoms with Crippen LogP contribution in [-0.2, 0) is 0 Å². The van der Waals surface area contributed by atoms with Crippen LogP contribution in [0.1, 0.15) is 16.6 Å². The monoisotopic (exact) mass is 255 g/mol. The molecule has 0 aliphatic rings. The van der Waals surface area contributed by atoms with E-state index in [0.29, 0.717) is 0 Å². The van der Waals surface area contributed by atoms with Crippen LogP contribution >= 0.6 is 27.3 Å². The molecule has 66 valence electrons. The van der Waals surface area contributed by atoms with Gasteiger partial charge in [-0.15, -0.1) is 11.3 Å². The highest BCUT2D eigenvalue weighted by molar-refractivity contribution is 9.10. The summed E-state index contributed by atoms with van der Waals surface area (Å²) in [5.41, 5.74) is 0. The Bertz CT molecular complexity index is 477. The number of nitrogens with zero attached hydrogens (tertiary/aromatic N) is 1. The number of halogens is 1. The number of hydrogen-bond donors (Lipinski definition) is 0. The maximum absolute atomic E-state index is 11.1. The van der Waals surface area contributed by atoms with Crippen molar-refractivity contribution in [1.29, 1.82) is 0 Å². The lowest BCUT2D eigenvalue weighted by atomic mass is 10.3. The molecule has 2 aromatic heterocycles. The van der Waals surface area contributed by atoms with Crippen LogP contribution < -0.4 is 0 Å². The normalized spacial score (nSPS) is 10.6. The lowest BCUT2D eigenvalue weighted by Crippen LogP contribution is -1.83. The first-order valence-electron chi connectivity index (χ1n) is 3.73. The SMILES string of the molecule is CC(=O)c1cc2cc(Br)cnc2s1. The molecule has 0 atom stereocenters. The van der Waals surface area contributed by atoms with E-state index in [-0.39, 0.29) is 5.78 Å². The third-order valence-electron chi connectivity index (χ3n) is 1.69. The van der Waals surface area contributed by atoms with Gasteiger partial charge in [-0.3, -0.25) is 4.79 Å². The van der Waals surface area contributed by atoms with E-state index in [4.69, 9.17) is 0 Å². The van der Waals surface area contributed by atoms with Gasteiger partial charge in [0.1, 0.15) is 4.83 Å². The molecule has 0 N–H and O–H groups in total. The summed E-state index contributed by atoms with van der Waals surface area (Å²) >= 11 is 4.77. The minimum absolute atomic E-state index is 0.0964. The van der Waals surface area contributed by atoms with Gasteiger partial charge in [-0.1, -0.05) is 0 Å². The molecule has 2 heterocycles. The quantitative estimate of drug-likeness (QED) is 0.733.